The largest absolute Gasteiger partial charge is 0.454 e. The van der Waals surface area contributed by atoms with Crippen LogP contribution in [0, 0.1) is 0 Å². The maximum Gasteiger partial charge on any atom is 0.272 e. The summed E-state index contributed by atoms with van der Waals surface area (Å²) >= 11 is 0. The minimum atomic E-state index is -1.96. The van der Waals surface area contributed by atoms with Gasteiger partial charge in [0.25, 0.3) is 5.79 Å². The first kappa shape index (κ1) is 18.6. The summed E-state index contributed by atoms with van der Waals surface area (Å²) in [4.78, 5) is 24.2. The SMILES string of the molecule is CC.O=C(CCC1(O)OC(c2ccccc2)=CC1=O)c1ccccc1. The number of Topliss-reactive ketones (excluding diaryl/α,β-unsaturated/α-hetero) is 1. The Morgan fingerprint density at radius 2 is 1.56 bits per heavy atom. The number of hydrogen-bond donors (Lipinski definition) is 1. The van der Waals surface area contributed by atoms with Gasteiger partial charge in [0.15, 0.2) is 5.78 Å². The number of rotatable bonds is 5. The molecular formula is C21H22O4. The fourth-order valence-corrected chi connectivity index (χ4v) is 2.46. The molecule has 1 atom stereocenters. The third kappa shape index (κ3) is 4.43. The van der Waals surface area contributed by atoms with Crippen LogP contribution in [0.5, 0.6) is 0 Å². The summed E-state index contributed by atoms with van der Waals surface area (Å²) in [6, 6.07) is 17.9. The number of benzene rings is 2. The molecule has 1 unspecified atom stereocenters. The van der Waals surface area contributed by atoms with E-state index in [2.05, 4.69) is 0 Å². The van der Waals surface area contributed by atoms with Crippen LogP contribution in [0.2, 0.25) is 0 Å². The lowest BCUT2D eigenvalue weighted by Gasteiger charge is -2.21. The van der Waals surface area contributed by atoms with E-state index in [4.69, 9.17) is 4.74 Å². The summed E-state index contributed by atoms with van der Waals surface area (Å²) in [5.74, 6) is -2.30. The highest BCUT2D eigenvalue weighted by atomic mass is 16.6. The zero-order valence-electron chi connectivity index (χ0n) is 14.4. The van der Waals surface area contributed by atoms with Crippen molar-refractivity contribution in [2.45, 2.75) is 32.5 Å². The van der Waals surface area contributed by atoms with Gasteiger partial charge in [0.1, 0.15) is 5.76 Å². The highest BCUT2D eigenvalue weighted by molar-refractivity contribution is 6.04. The summed E-state index contributed by atoms with van der Waals surface area (Å²) < 4.78 is 5.45. The lowest BCUT2D eigenvalue weighted by atomic mass is 10.0. The van der Waals surface area contributed by atoms with Gasteiger partial charge in [0.05, 0.1) is 0 Å². The van der Waals surface area contributed by atoms with E-state index in [1.165, 1.54) is 6.08 Å². The molecule has 1 aliphatic heterocycles. The second-order valence-electron chi connectivity index (χ2n) is 5.41. The molecule has 2 aromatic carbocycles. The highest BCUT2D eigenvalue weighted by Gasteiger charge is 2.43. The molecule has 4 nitrogen and oxygen atoms in total. The van der Waals surface area contributed by atoms with Crippen LogP contribution in [0.25, 0.3) is 5.76 Å². The van der Waals surface area contributed by atoms with E-state index >= 15 is 0 Å². The van der Waals surface area contributed by atoms with Gasteiger partial charge in [-0.2, -0.15) is 0 Å². The molecule has 0 aliphatic carbocycles. The molecule has 130 valence electrons. The Morgan fingerprint density at radius 1 is 1.00 bits per heavy atom. The lowest BCUT2D eigenvalue weighted by Crippen LogP contribution is -2.36. The van der Waals surface area contributed by atoms with Crippen molar-refractivity contribution in [1.29, 1.82) is 0 Å². The van der Waals surface area contributed by atoms with Crippen molar-refractivity contribution in [2.24, 2.45) is 0 Å². The molecule has 3 rings (SSSR count). The van der Waals surface area contributed by atoms with E-state index in [1.54, 1.807) is 36.4 Å². The molecule has 0 radical (unpaired) electrons. The first-order valence-corrected chi connectivity index (χ1v) is 8.40. The summed E-state index contributed by atoms with van der Waals surface area (Å²) in [6.45, 7) is 4.00. The predicted molar refractivity (Wildman–Crippen MR) is 96.8 cm³/mol. The van der Waals surface area contributed by atoms with Crippen molar-refractivity contribution in [2.75, 3.05) is 0 Å². The molecule has 0 bridgehead atoms. The van der Waals surface area contributed by atoms with Crippen LogP contribution < -0.4 is 0 Å². The van der Waals surface area contributed by atoms with E-state index in [-0.39, 0.29) is 18.6 Å². The average molecular weight is 338 g/mol. The van der Waals surface area contributed by atoms with Crippen molar-refractivity contribution in [1.82, 2.24) is 0 Å². The molecule has 0 aromatic heterocycles. The summed E-state index contributed by atoms with van der Waals surface area (Å²) in [5, 5.41) is 10.4. The molecule has 0 fully saturated rings. The van der Waals surface area contributed by atoms with Gasteiger partial charge in [-0.1, -0.05) is 74.5 Å². The number of hydrogen-bond acceptors (Lipinski definition) is 4. The van der Waals surface area contributed by atoms with E-state index in [1.807, 2.05) is 38.1 Å². The first-order chi connectivity index (χ1) is 12.1. The van der Waals surface area contributed by atoms with Crippen molar-refractivity contribution in [3.63, 3.8) is 0 Å². The molecule has 4 heteroatoms. The number of aliphatic hydroxyl groups is 1. The number of carbonyl (C=O) groups is 2. The van der Waals surface area contributed by atoms with Crippen molar-refractivity contribution in [3.8, 4) is 0 Å². The van der Waals surface area contributed by atoms with Gasteiger partial charge < -0.3 is 9.84 Å². The molecule has 0 saturated carbocycles. The van der Waals surface area contributed by atoms with E-state index in [9.17, 15) is 14.7 Å². The minimum Gasteiger partial charge on any atom is -0.454 e. The Hall–Kier alpha value is -2.72. The van der Waals surface area contributed by atoms with Crippen LogP contribution in [-0.2, 0) is 9.53 Å². The topological polar surface area (TPSA) is 63.6 Å². The average Bonchev–Trinajstić information content (AvgIpc) is 2.98. The van der Waals surface area contributed by atoms with Gasteiger partial charge in [0.2, 0.25) is 5.78 Å². The van der Waals surface area contributed by atoms with Gasteiger partial charge in [-0.25, -0.2) is 0 Å². The fourth-order valence-electron chi connectivity index (χ4n) is 2.46. The Labute approximate surface area is 147 Å². The van der Waals surface area contributed by atoms with Gasteiger partial charge in [-0.3, -0.25) is 9.59 Å². The Morgan fingerprint density at radius 3 is 2.16 bits per heavy atom. The molecule has 2 aromatic rings. The van der Waals surface area contributed by atoms with Gasteiger partial charge in [-0.05, 0) is 0 Å². The van der Waals surface area contributed by atoms with Crippen LogP contribution in [0.3, 0.4) is 0 Å². The molecule has 0 saturated heterocycles. The normalized spacial score (nSPS) is 18.7. The zero-order valence-corrected chi connectivity index (χ0v) is 14.4. The molecule has 0 amide bonds. The first-order valence-electron chi connectivity index (χ1n) is 8.40. The minimum absolute atomic E-state index is 0.0299. The maximum absolute atomic E-state index is 12.1. The van der Waals surface area contributed by atoms with Crippen molar-refractivity contribution >= 4 is 17.3 Å². The Balaban J connectivity index is 0.00000109. The van der Waals surface area contributed by atoms with Crippen LogP contribution in [0.4, 0.5) is 0 Å². The Bertz CT molecular complexity index is 750. The Kier molecular flexibility index (Phi) is 6.25. The second kappa shape index (κ2) is 8.40. The van der Waals surface area contributed by atoms with E-state index in [0.29, 0.717) is 16.9 Å². The predicted octanol–water partition coefficient (Wildman–Crippen LogP) is 4.00. The lowest BCUT2D eigenvalue weighted by molar-refractivity contribution is -0.171. The monoisotopic (exact) mass is 338 g/mol. The van der Waals surface area contributed by atoms with Crippen LogP contribution >= 0.6 is 0 Å². The molecule has 1 aliphatic rings. The van der Waals surface area contributed by atoms with Crippen LogP contribution in [-0.4, -0.2) is 22.5 Å². The van der Waals surface area contributed by atoms with Crippen LogP contribution in [0.1, 0.15) is 42.6 Å². The number of carbonyl (C=O) groups excluding carboxylic acids is 2. The fraction of sp³-hybridized carbons (Fsp3) is 0.238. The molecule has 1 heterocycles. The summed E-state index contributed by atoms with van der Waals surface area (Å²) in [5.41, 5.74) is 1.27. The smallest absolute Gasteiger partial charge is 0.272 e. The molecule has 0 spiro atoms. The van der Waals surface area contributed by atoms with Gasteiger partial charge >= 0.3 is 0 Å². The third-order valence-corrected chi connectivity index (χ3v) is 3.77. The van der Waals surface area contributed by atoms with E-state index in [0.717, 1.165) is 0 Å². The van der Waals surface area contributed by atoms with Crippen LogP contribution in [0.15, 0.2) is 66.7 Å². The molecule has 25 heavy (non-hydrogen) atoms. The quantitative estimate of drug-likeness (QED) is 0.837. The van der Waals surface area contributed by atoms with Crippen molar-refractivity contribution < 1.29 is 19.4 Å². The summed E-state index contributed by atoms with van der Waals surface area (Å²) in [6.07, 6.45) is 1.23. The van der Waals surface area contributed by atoms with Crippen molar-refractivity contribution in [3.05, 3.63) is 77.9 Å². The maximum atomic E-state index is 12.1. The third-order valence-electron chi connectivity index (χ3n) is 3.77. The van der Waals surface area contributed by atoms with Gasteiger partial charge in [-0.15, -0.1) is 0 Å². The number of ether oxygens (including phenoxy) is 1. The van der Waals surface area contributed by atoms with Gasteiger partial charge in [0, 0.05) is 30.0 Å². The highest BCUT2D eigenvalue weighted by Crippen LogP contribution is 2.33. The molecular weight excluding hydrogens is 316 g/mol. The standard InChI is InChI=1S/C19H16O4.C2H6/c20-16(14-7-3-1-4-8-14)11-12-19(22)18(21)13-17(23-19)15-9-5-2-6-10-15;1-2/h1-10,13,22H,11-12H2;1-2H3. The second-order valence-corrected chi connectivity index (χ2v) is 5.41. The number of ketones is 2. The molecule has 1 N–H and O–H groups in total. The van der Waals surface area contributed by atoms with E-state index < -0.39 is 11.6 Å². The zero-order chi connectivity index (χ0) is 18.3. The summed E-state index contributed by atoms with van der Waals surface area (Å²) in [7, 11) is 0.